The number of nitrogens with one attached hydrogen (secondary N) is 1. The van der Waals surface area contributed by atoms with E-state index in [4.69, 9.17) is 4.74 Å². The highest BCUT2D eigenvalue weighted by Crippen LogP contribution is 2.30. The summed E-state index contributed by atoms with van der Waals surface area (Å²) in [6, 6.07) is 0.586. The van der Waals surface area contributed by atoms with Gasteiger partial charge in [-0.1, -0.05) is 46.0 Å². The zero-order valence-corrected chi connectivity index (χ0v) is 14.0. The molecule has 0 aromatic carbocycles. The van der Waals surface area contributed by atoms with Gasteiger partial charge in [0.15, 0.2) is 0 Å². The van der Waals surface area contributed by atoms with Crippen LogP contribution in [-0.2, 0) is 4.74 Å². The topological polar surface area (TPSA) is 41.5 Å². The fourth-order valence-corrected chi connectivity index (χ4v) is 4.04. The van der Waals surface area contributed by atoms with E-state index in [1.807, 2.05) is 0 Å². The summed E-state index contributed by atoms with van der Waals surface area (Å²) in [5, 5.41) is 13.8. The van der Waals surface area contributed by atoms with Gasteiger partial charge in [0.1, 0.15) is 0 Å². The van der Waals surface area contributed by atoms with E-state index in [1.165, 1.54) is 57.8 Å². The Morgan fingerprint density at radius 2 is 1.67 bits per heavy atom. The van der Waals surface area contributed by atoms with Crippen LogP contribution < -0.4 is 5.32 Å². The molecule has 2 aliphatic rings. The van der Waals surface area contributed by atoms with E-state index in [0.717, 1.165) is 11.8 Å². The Labute approximate surface area is 130 Å². The molecule has 0 aliphatic heterocycles. The third-order valence-corrected chi connectivity index (χ3v) is 5.37. The summed E-state index contributed by atoms with van der Waals surface area (Å²) in [5.41, 5.74) is 0. The van der Waals surface area contributed by atoms with Crippen LogP contribution in [0.2, 0.25) is 0 Å². The number of aliphatic hydroxyl groups is 1. The van der Waals surface area contributed by atoms with Crippen LogP contribution in [0.15, 0.2) is 0 Å². The Bertz CT molecular complexity index is 276. The van der Waals surface area contributed by atoms with E-state index in [9.17, 15) is 5.11 Å². The fraction of sp³-hybridized carbons (Fsp3) is 1.00. The van der Waals surface area contributed by atoms with Crippen molar-refractivity contribution in [3.8, 4) is 0 Å². The predicted molar refractivity (Wildman–Crippen MR) is 87.4 cm³/mol. The Morgan fingerprint density at radius 1 is 1.00 bits per heavy atom. The van der Waals surface area contributed by atoms with Gasteiger partial charge in [-0.15, -0.1) is 0 Å². The minimum absolute atomic E-state index is 0.360. The second kappa shape index (κ2) is 9.12. The summed E-state index contributed by atoms with van der Waals surface area (Å²) >= 11 is 0. The molecular formula is C18H35NO2. The smallest absolute Gasteiger partial charge is 0.0897 e. The lowest BCUT2D eigenvalue weighted by molar-refractivity contribution is -0.0246. The summed E-state index contributed by atoms with van der Waals surface area (Å²) in [6.45, 7) is 5.83. The van der Waals surface area contributed by atoms with E-state index < -0.39 is 0 Å². The van der Waals surface area contributed by atoms with Gasteiger partial charge in [-0.2, -0.15) is 0 Å². The first kappa shape index (κ1) is 17.2. The highest BCUT2D eigenvalue weighted by molar-refractivity contribution is 4.83. The van der Waals surface area contributed by atoms with Gasteiger partial charge in [-0.05, 0) is 37.5 Å². The maximum Gasteiger partial charge on any atom is 0.0897 e. The number of ether oxygens (including phenoxy) is 1. The van der Waals surface area contributed by atoms with Crippen LogP contribution in [0, 0.1) is 11.8 Å². The van der Waals surface area contributed by atoms with Crippen LogP contribution in [0.4, 0.5) is 0 Å². The highest BCUT2D eigenvalue weighted by Gasteiger charge is 2.27. The zero-order chi connectivity index (χ0) is 15.1. The van der Waals surface area contributed by atoms with Crippen LogP contribution in [0.5, 0.6) is 0 Å². The predicted octanol–water partition coefficient (Wildman–Crippen LogP) is 3.50. The molecule has 2 saturated carbocycles. The van der Waals surface area contributed by atoms with Crippen molar-refractivity contribution in [2.24, 2.45) is 11.8 Å². The lowest BCUT2D eigenvalue weighted by atomic mass is 9.78. The average Bonchev–Trinajstić information content (AvgIpc) is 2.52. The summed E-state index contributed by atoms with van der Waals surface area (Å²) in [5.74, 6) is 1.50. The molecule has 2 rings (SSSR count). The van der Waals surface area contributed by atoms with Crippen molar-refractivity contribution in [1.29, 1.82) is 0 Å². The van der Waals surface area contributed by atoms with E-state index in [0.29, 0.717) is 25.3 Å². The van der Waals surface area contributed by atoms with Gasteiger partial charge in [-0.3, -0.25) is 0 Å². The van der Waals surface area contributed by atoms with Crippen molar-refractivity contribution in [2.75, 3.05) is 13.2 Å². The molecule has 3 atom stereocenters. The minimum atomic E-state index is -0.360. The summed E-state index contributed by atoms with van der Waals surface area (Å²) in [6.07, 6.45) is 11.6. The van der Waals surface area contributed by atoms with E-state index in [1.54, 1.807) is 0 Å². The van der Waals surface area contributed by atoms with Gasteiger partial charge >= 0.3 is 0 Å². The first-order valence-corrected chi connectivity index (χ1v) is 9.20. The molecule has 3 heteroatoms. The second-order valence-electron chi connectivity index (χ2n) is 7.45. The Morgan fingerprint density at radius 3 is 2.38 bits per heavy atom. The number of hydrogen-bond donors (Lipinski definition) is 2. The Hall–Kier alpha value is -0.120. The lowest BCUT2D eigenvalue weighted by Crippen LogP contribution is -2.45. The molecule has 21 heavy (non-hydrogen) atoms. The maximum atomic E-state index is 10.1. The highest BCUT2D eigenvalue weighted by atomic mass is 16.5. The second-order valence-corrected chi connectivity index (χ2v) is 7.45. The molecule has 0 aromatic rings. The molecule has 0 heterocycles. The summed E-state index contributed by atoms with van der Waals surface area (Å²) < 4.78 is 5.87. The minimum Gasteiger partial charge on any atom is -0.389 e. The molecule has 2 fully saturated rings. The SMILES string of the molecule is CC(C)C1CCCCC1NCC(O)COC1CCCCC1. The molecule has 3 unspecified atom stereocenters. The van der Waals surface area contributed by atoms with Gasteiger partial charge in [0.05, 0.1) is 18.8 Å². The van der Waals surface area contributed by atoms with Gasteiger partial charge in [-0.25, -0.2) is 0 Å². The normalized spacial score (nSPS) is 29.7. The standard InChI is InChI=1S/C18H35NO2/c1-14(2)17-10-6-7-11-18(17)19-12-15(20)13-21-16-8-4-3-5-9-16/h14-20H,3-13H2,1-2H3. The molecule has 0 bridgehead atoms. The molecule has 2 aliphatic carbocycles. The largest absolute Gasteiger partial charge is 0.389 e. The molecule has 2 N–H and O–H groups in total. The zero-order valence-electron chi connectivity index (χ0n) is 14.0. The molecule has 124 valence electrons. The Kier molecular flexibility index (Phi) is 7.48. The average molecular weight is 297 g/mol. The van der Waals surface area contributed by atoms with Gasteiger partial charge in [0.2, 0.25) is 0 Å². The van der Waals surface area contributed by atoms with Crippen molar-refractivity contribution in [1.82, 2.24) is 5.32 Å². The van der Waals surface area contributed by atoms with Crippen molar-refractivity contribution < 1.29 is 9.84 Å². The molecular weight excluding hydrogens is 262 g/mol. The van der Waals surface area contributed by atoms with Gasteiger partial charge in [0, 0.05) is 12.6 Å². The quantitative estimate of drug-likeness (QED) is 0.755. The van der Waals surface area contributed by atoms with Crippen LogP contribution in [0.1, 0.15) is 71.6 Å². The van der Waals surface area contributed by atoms with E-state index >= 15 is 0 Å². The molecule has 0 amide bonds. The first-order chi connectivity index (χ1) is 10.2. The summed E-state index contributed by atoms with van der Waals surface area (Å²) in [7, 11) is 0. The van der Waals surface area contributed by atoms with Crippen molar-refractivity contribution in [2.45, 2.75) is 89.9 Å². The monoisotopic (exact) mass is 297 g/mol. The molecule has 0 saturated heterocycles. The molecule has 0 radical (unpaired) electrons. The van der Waals surface area contributed by atoms with Crippen LogP contribution in [0.3, 0.4) is 0 Å². The van der Waals surface area contributed by atoms with Crippen molar-refractivity contribution >= 4 is 0 Å². The fourth-order valence-electron chi connectivity index (χ4n) is 4.04. The lowest BCUT2D eigenvalue weighted by Gasteiger charge is -2.35. The van der Waals surface area contributed by atoms with Crippen LogP contribution >= 0.6 is 0 Å². The first-order valence-electron chi connectivity index (χ1n) is 9.20. The number of aliphatic hydroxyl groups excluding tert-OH is 1. The number of rotatable bonds is 7. The molecule has 0 aromatic heterocycles. The van der Waals surface area contributed by atoms with Crippen molar-refractivity contribution in [3.63, 3.8) is 0 Å². The van der Waals surface area contributed by atoms with E-state index in [2.05, 4.69) is 19.2 Å². The third kappa shape index (κ3) is 5.88. The van der Waals surface area contributed by atoms with Crippen LogP contribution in [0.25, 0.3) is 0 Å². The number of hydrogen-bond acceptors (Lipinski definition) is 3. The van der Waals surface area contributed by atoms with Crippen molar-refractivity contribution in [3.05, 3.63) is 0 Å². The summed E-state index contributed by atoms with van der Waals surface area (Å²) in [4.78, 5) is 0. The molecule has 0 spiro atoms. The third-order valence-electron chi connectivity index (χ3n) is 5.37. The Balaban J connectivity index is 1.63. The molecule has 3 nitrogen and oxygen atoms in total. The van der Waals surface area contributed by atoms with Crippen LogP contribution in [-0.4, -0.2) is 36.5 Å². The maximum absolute atomic E-state index is 10.1. The van der Waals surface area contributed by atoms with Gasteiger partial charge in [0.25, 0.3) is 0 Å². The van der Waals surface area contributed by atoms with E-state index in [-0.39, 0.29) is 6.10 Å². The van der Waals surface area contributed by atoms with Gasteiger partial charge < -0.3 is 15.2 Å².